The highest BCUT2D eigenvalue weighted by Gasteiger charge is 2.51. The van der Waals surface area contributed by atoms with Gasteiger partial charge in [-0.25, -0.2) is 0 Å². The van der Waals surface area contributed by atoms with Gasteiger partial charge < -0.3 is 16.0 Å². The summed E-state index contributed by atoms with van der Waals surface area (Å²) in [5.74, 6) is 3.22. The Bertz CT molecular complexity index is 869. The van der Waals surface area contributed by atoms with Crippen LogP contribution in [0.15, 0.2) is 18.2 Å². The minimum atomic E-state index is -4.46. The Hall–Kier alpha value is -1.96. The van der Waals surface area contributed by atoms with E-state index >= 15 is 0 Å². The highest BCUT2D eigenvalue weighted by atomic mass is 19.4. The molecule has 1 heterocycles. The lowest BCUT2D eigenvalue weighted by Crippen LogP contribution is -2.59. The van der Waals surface area contributed by atoms with Crippen molar-refractivity contribution in [3.05, 3.63) is 23.8 Å². The molecule has 6 rings (SSSR count). The Kier molecular flexibility index (Phi) is 6.46. The zero-order valence-electron chi connectivity index (χ0n) is 20.0. The van der Waals surface area contributed by atoms with Crippen molar-refractivity contribution in [3.8, 4) is 0 Å². The summed E-state index contributed by atoms with van der Waals surface area (Å²) in [6, 6.07) is 4.16. The number of benzene rings is 1. The van der Waals surface area contributed by atoms with Crippen LogP contribution in [-0.4, -0.2) is 43.2 Å². The van der Waals surface area contributed by atoms with Crippen LogP contribution in [0.1, 0.15) is 57.4 Å². The maximum Gasteiger partial charge on any atom is 0.418 e. The van der Waals surface area contributed by atoms with Crippen LogP contribution >= 0.6 is 0 Å². The van der Waals surface area contributed by atoms with Gasteiger partial charge in [-0.2, -0.15) is 13.2 Å². The molecule has 4 aliphatic carbocycles. The van der Waals surface area contributed by atoms with Gasteiger partial charge in [0.2, 0.25) is 5.91 Å². The molecule has 4 saturated carbocycles. The topological polar surface area (TPSA) is 61.6 Å². The molecule has 4 bridgehead atoms. The summed E-state index contributed by atoms with van der Waals surface area (Å²) in [4.78, 5) is 17.7. The number of carbonyl (C=O) groups is 1. The van der Waals surface area contributed by atoms with E-state index in [9.17, 15) is 18.0 Å². The molecule has 1 aromatic rings. The lowest BCUT2D eigenvalue weighted by molar-refractivity contribution is -0.140. The average Bonchev–Trinajstić information content (AvgIpc) is 2.78. The molecule has 1 unspecified atom stereocenters. The van der Waals surface area contributed by atoms with Crippen molar-refractivity contribution in [2.45, 2.75) is 64.2 Å². The molecule has 1 aliphatic heterocycles. The zero-order chi connectivity index (χ0) is 24.0. The zero-order valence-corrected chi connectivity index (χ0v) is 20.0. The number of rotatable bonds is 6. The second kappa shape index (κ2) is 9.25. The predicted octanol–water partition coefficient (Wildman–Crippen LogP) is 4.72. The van der Waals surface area contributed by atoms with E-state index in [1.54, 1.807) is 6.07 Å². The van der Waals surface area contributed by atoms with E-state index in [0.29, 0.717) is 43.7 Å². The first-order valence-electron chi connectivity index (χ1n) is 13.0. The van der Waals surface area contributed by atoms with Crippen molar-refractivity contribution in [2.24, 2.45) is 29.6 Å². The smallest absolute Gasteiger partial charge is 0.398 e. The number of nitrogens with zero attached hydrogens (tertiary/aromatic N) is 2. The second-order valence-corrected chi connectivity index (χ2v) is 11.1. The lowest BCUT2D eigenvalue weighted by Gasteiger charge is -2.54. The minimum absolute atomic E-state index is 0.00556. The molecule has 5 fully saturated rings. The molecule has 5 nitrogen and oxygen atoms in total. The molecule has 0 radical (unpaired) electrons. The Morgan fingerprint density at radius 1 is 1.06 bits per heavy atom. The monoisotopic (exact) mass is 478 g/mol. The quantitative estimate of drug-likeness (QED) is 0.581. The summed E-state index contributed by atoms with van der Waals surface area (Å²) in [5.41, 5.74) is 5.09. The highest BCUT2D eigenvalue weighted by Crippen LogP contribution is 2.56. The summed E-state index contributed by atoms with van der Waals surface area (Å²) >= 11 is 0. The van der Waals surface area contributed by atoms with Crippen LogP contribution < -0.4 is 16.0 Å². The maximum atomic E-state index is 13.4. The number of anilines is 2. The number of halogens is 3. The standard InChI is InChI=1S/C26H37F3N4O/c1-2-3-23(31-25(34)24-18-11-16-10-17(13-18)14-19(24)12-16)33-8-6-32(7-9-33)20-4-5-22(30)21(15-20)26(27,28)29/h4-5,15-19,23-24H,2-3,6-14,30H2,1H3,(H,31,34). The lowest BCUT2D eigenvalue weighted by atomic mass is 9.51. The molecule has 0 aromatic heterocycles. The molecule has 34 heavy (non-hydrogen) atoms. The number of carbonyl (C=O) groups excluding carboxylic acids is 1. The molecule has 8 heteroatoms. The van der Waals surface area contributed by atoms with Gasteiger partial charge in [0.1, 0.15) is 0 Å². The fourth-order valence-corrected chi connectivity index (χ4v) is 7.51. The fourth-order valence-electron chi connectivity index (χ4n) is 7.51. The SMILES string of the molecule is CCCC(NC(=O)C1C2CC3CC(C2)CC1C3)N1CCN(c2ccc(N)c(C(F)(F)F)c2)CC1. The summed E-state index contributed by atoms with van der Waals surface area (Å²) in [6.07, 6.45) is 3.67. The molecule has 1 atom stereocenters. The van der Waals surface area contributed by atoms with E-state index in [1.807, 2.05) is 4.90 Å². The van der Waals surface area contributed by atoms with Crippen LogP contribution in [0.25, 0.3) is 0 Å². The van der Waals surface area contributed by atoms with Crippen molar-refractivity contribution in [1.82, 2.24) is 10.2 Å². The number of hydrogen-bond acceptors (Lipinski definition) is 4. The maximum absolute atomic E-state index is 13.4. The summed E-state index contributed by atoms with van der Waals surface area (Å²) in [6.45, 7) is 4.78. The van der Waals surface area contributed by atoms with E-state index in [-0.39, 0.29) is 23.7 Å². The second-order valence-electron chi connectivity index (χ2n) is 11.1. The molecule has 1 saturated heterocycles. The van der Waals surface area contributed by atoms with Crippen LogP contribution in [0.3, 0.4) is 0 Å². The van der Waals surface area contributed by atoms with Gasteiger partial charge in [-0.05, 0) is 80.4 Å². The number of hydrogen-bond donors (Lipinski definition) is 2. The van der Waals surface area contributed by atoms with Crippen molar-refractivity contribution in [1.29, 1.82) is 0 Å². The van der Waals surface area contributed by atoms with Gasteiger partial charge in [-0.3, -0.25) is 9.69 Å². The highest BCUT2D eigenvalue weighted by molar-refractivity contribution is 5.80. The van der Waals surface area contributed by atoms with E-state index in [0.717, 1.165) is 30.7 Å². The van der Waals surface area contributed by atoms with Gasteiger partial charge in [-0.1, -0.05) is 13.3 Å². The third kappa shape index (κ3) is 4.62. The first kappa shape index (κ1) is 23.8. The van der Waals surface area contributed by atoms with Crippen LogP contribution in [0.5, 0.6) is 0 Å². The third-order valence-corrected chi connectivity index (χ3v) is 8.86. The minimum Gasteiger partial charge on any atom is -0.398 e. The molecule has 0 spiro atoms. The Balaban J connectivity index is 1.21. The molecule has 1 aromatic carbocycles. The normalized spacial score (nSPS) is 32.1. The Morgan fingerprint density at radius 2 is 1.68 bits per heavy atom. The first-order chi connectivity index (χ1) is 16.2. The van der Waals surface area contributed by atoms with Gasteiger partial charge in [0, 0.05) is 43.5 Å². The number of nitrogens with two attached hydrogens (primary N) is 1. The molecular weight excluding hydrogens is 441 g/mol. The van der Waals surface area contributed by atoms with Crippen LogP contribution in [0.2, 0.25) is 0 Å². The molecule has 5 aliphatic rings. The van der Waals surface area contributed by atoms with Crippen molar-refractivity contribution in [3.63, 3.8) is 0 Å². The number of amides is 1. The van der Waals surface area contributed by atoms with E-state index < -0.39 is 11.7 Å². The first-order valence-corrected chi connectivity index (χ1v) is 13.0. The number of piperazine rings is 1. The van der Waals surface area contributed by atoms with Gasteiger partial charge in [-0.15, -0.1) is 0 Å². The number of nitrogen functional groups attached to an aromatic ring is 1. The van der Waals surface area contributed by atoms with E-state index in [1.165, 1.54) is 38.2 Å². The van der Waals surface area contributed by atoms with E-state index in [4.69, 9.17) is 5.73 Å². The average molecular weight is 479 g/mol. The molecular formula is C26H37F3N4O. The van der Waals surface area contributed by atoms with Crippen LogP contribution in [0, 0.1) is 29.6 Å². The van der Waals surface area contributed by atoms with Crippen molar-refractivity contribution in [2.75, 3.05) is 36.8 Å². The number of nitrogens with one attached hydrogen (secondary N) is 1. The molecule has 3 N–H and O–H groups in total. The van der Waals surface area contributed by atoms with Crippen LogP contribution in [0.4, 0.5) is 24.5 Å². The van der Waals surface area contributed by atoms with Crippen LogP contribution in [-0.2, 0) is 11.0 Å². The predicted molar refractivity (Wildman–Crippen MR) is 127 cm³/mol. The van der Waals surface area contributed by atoms with Gasteiger partial charge in [0.15, 0.2) is 0 Å². The molecule has 188 valence electrons. The van der Waals surface area contributed by atoms with Gasteiger partial charge >= 0.3 is 6.18 Å². The third-order valence-electron chi connectivity index (χ3n) is 8.86. The largest absolute Gasteiger partial charge is 0.418 e. The van der Waals surface area contributed by atoms with Gasteiger partial charge in [0.05, 0.1) is 11.7 Å². The summed E-state index contributed by atoms with van der Waals surface area (Å²) in [7, 11) is 0. The summed E-state index contributed by atoms with van der Waals surface area (Å²) < 4.78 is 39.9. The van der Waals surface area contributed by atoms with Gasteiger partial charge in [0.25, 0.3) is 0 Å². The Morgan fingerprint density at radius 3 is 2.24 bits per heavy atom. The number of alkyl halides is 3. The van der Waals surface area contributed by atoms with Crippen molar-refractivity contribution < 1.29 is 18.0 Å². The van der Waals surface area contributed by atoms with E-state index in [2.05, 4.69) is 17.1 Å². The van der Waals surface area contributed by atoms with Crippen molar-refractivity contribution >= 4 is 17.3 Å². The fraction of sp³-hybridized carbons (Fsp3) is 0.731. The summed E-state index contributed by atoms with van der Waals surface area (Å²) in [5, 5.41) is 3.41. The Labute approximate surface area is 200 Å². The molecule has 1 amide bonds.